The van der Waals surface area contributed by atoms with Crippen LogP contribution in [0.3, 0.4) is 0 Å². The van der Waals surface area contributed by atoms with E-state index in [4.69, 9.17) is 9.47 Å². The van der Waals surface area contributed by atoms with Crippen LogP contribution in [0.2, 0.25) is 0 Å². The van der Waals surface area contributed by atoms with E-state index in [0.29, 0.717) is 4.88 Å². The first kappa shape index (κ1) is 28.5. The van der Waals surface area contributed by atoms with E-state index in [9.17, 15) is 28.8 Å². The van der Waals surface area contributed by atoms with E-state index in [1.165, 1.54) is 18.2 Å². The Balaban J connectivity index is 1.72. The van der Waals surface area contributed by atoms with Crippen molar-refractivity contribution in [3.63, 3.8) is 0 Å². The average molecular weight is 544 g/mol. The SMILES string of the molecule is CC(C)(C)OC(=O)C(=O)Nc1sc(CNC(=O)CN2C(=O)c3ccccc3C2=O)cc1C(=O)OC(C)(C)C. The fourth-order valence-corrected chi connectivity index (χ4v) is 4.33. The van der Waals surface area contributed by atoms with Gasteiger partial charge in [-0.3, -0.25) is 24.1 Å². The Morgan fingerprint density at radius 1 is 0.895 bits per heavy atom. The summed E-state index contributed by atoms with van der Waals surface area (Å²) in [6, 6.07) is 7.72. The number of esters is 2. The lowest BCUT2D eigenvalue weighted by Gasteiger charge is -2.20. The molecule has 38 heavy (non-hydrogen) atoms. The van der Waals surface area contributed by atoms with Crippen LogP contribution in [-0.2, 0) is 30.4 Å². The zero-order valence-electron chi connectivity index (χ0n) is 21.9. The van der Waals surface area contributed by atoms with E-state index in [-0.39, 0.29) is 28.2 Å². The molecular weight excluding hydrogens is 514 g/mol. The molecule has 0 fully saturated rings. The third kappa shape index (κ3) is 7.03. The molecule has 0 atom stereocenters. The molecule has 1 aromatic heterocycles. The molecule has 1 aliphatic heterocycles. The minimum Gasteiger partial charge on any atom is -0.456 e. The van der Waals surface area contributed by atoms with Gasteiger partial charge in [-0.1, -0.05) is 12.1 Å². The second kappa shape index (κ2) is 10.7. The van der Waals surface area contributed by atoms with Crippen molar-refractivity contribution in [1.82, 2.24) is 10.2 Å². The van der Waals surface area contributed by atoms with Crippen LogP contribution in [0, 0.1) is 0 Å². The maximum Gasteiger partial charge on any atom is 0.397 e. The van der Waals surface area contributed by atoms with Crippen LogP contribution in [0.25, 0.3) is 0 Å². The summed E-state index contributed by atoms with van der Waals surface area (Å²) in [6.07, 6.45) is 0. The van der Waals surface area contributed by atoms with E-state index in [1.54, 1.807) is 53.7 Å². The van der Waals surface area contributed by atoms with Crippen molar-refractivity contribution < 1.29 is 38.2 Å². The quantitative estimate of drug-likeness (QED) is 0.321. The van der Waals surface area contributed by atoms with Crippen molar-refractivity contribution in [2.75, 3.05) is 11.9 Å². The summed E-state index contributed by atoms with van der Waals surface area (Å²) in [5, 5.41) is 5.02. The van der Waals surface area contributed by atoms with Gasteiger partial charge in [-0.05, 0) is 59.7 Å². The van der Waals surface area contributed by atoms with Crippen LogP contribution < -0.4 is 10.6 Å². The summed E-state index contributed by atoms with van der Waals surface area (Å²) in [5.74, 6) is -4.67. The molecule has 1 aromatic carbocycles. The van der Waals surface area contributed by atoms with Crippen molar-refractivity contribution >= 4 is 51.9 Å². The van der Waals surface area contributed by atoms with Gasteiger partial charge in [0.2, 0.25) is 5.91 Å². The number of anilines is 1. The lowest BCUT2D eigenvalue weighted by Crippen LogP contribution is -2.40. The number of nitrogens with one attached hydrogen (secondary N) is 2. The van der Waals surface area contributed by atoms with Gasteiger partial charge in [0.25, 0.3) is 11.8 Å². The molecule has 0 saturated carbocycles. The number of hydrogen-bond donors (Lipinski definition) is 2. The number of fused-ring (bicyclic) bond motifs is 1. The number of thiophene rings is 1. The van der Waals surface area contributed by atoms with Gasteiger partial charge in [-0.25, -0.2) is 9.59 Å². The minimum absolute atomic E-state index is 0.00793. The van der Waals surface area contributed by atoms with Gasteiger partial charge in [-0.2, -0.15) is 0 Å². The van der Waals surface area contributed by atoms with Gasteiger partial charge in [0.15, 0.2) is 0 Å². The van der Waals surface area contributed by atoms with Gasteiger partial charge in [0.1, 0.15) is 22.7 Å². The molecule has 3 rings (SSSR count). The average Bonchev–Trinajstić information content (AvgIpc) is 3.30. The van der Waals surface area contributed by atoms with E-state index < -0.39 is 53.3 Å². The topological polar surface area (TPSA) is 148 Å². The first-order valence-corrected chi connectivity index (χ1v) is 12.5. The second-order valence-corrected chi connectivity index (χ2v) is 11.6. The summed E-state index contributed by atoms with van der Waals surface area (Å²) in [5.41, 5.74) is -1.27. The Labute approximate surface area is 223 Å². The van der Waals surface area contributed by atoms with Crippen LogP contribution in [0.1, 0.15) is 77.5 Å². The van der Waals surface area contributed by atoms with Crippen LogP contribution in [0.5, 0.6) is 0 Å². The van der Waals surface area contributed by atoms with Crippen molar-refractivity contribution in [3.8, 4) is 0 Å². The number of carbonyl (C=O) groups is 6. The van der Waals surface area contributed by atoms with Gasteiger partial charge in [0.05, 0.1) is 23.2 Å². The van der Waals surface area contributed by atoms with Crippen molar-refractivity contribution in [3.05, 3.63) is 51.9 Å². The van der Waals surface area contributed by atoms with E-state index in [2.05, 4.69) is 10.6 Å². The van der Waals surface area contributed by atoms with Gasteiger partial charge in [0, 0.05) is 4.88 Å². The number of benzene rings is 1. The Kier molecular flexibility index (Phi) is 8.06. The first-order valence-electron chi connectivity index (χ1n) is 11.7. The fraction of sp³-hybridized carbons (Fsp3) is 0.385. The maximum absolute atomic E-state index is 12.8. The number of hydrogen-bond acceptors (Lipinski definition) is 9. The Bertz CT molecular complexity index is 1280. The zero-order valence-corrected chi connectivity index (χ0v) is 22.7. The van der Waals surface area contributed by atoms with Gasteiger partial charge < -0.3 is 20.1 Å². The number of nitrogens with zero attached hydrogens (tertiary/aromatic N) is 1. The molecule has 4 amide bonds. The monoisotopic (exact) mass is 543 g/mol. The molecule has 2 heterocycles. The molecule has 0 bridgehead atoms. The number of rotatable bonds is 6. The molecule has 0 aliphatic carbocycles. The number of imide groups is 1. The summed E-state index contributed by atoms with van der Waals surface area (Å²) >= 11 is 0.950. The van der Waals surface area contributed by atoms with Gasteiger partial charge in [-0.15, -0.1) is 11.3 Å². The molecule has 1 aliphatic rings. The second-order valence-electron chi connectivity index (χ2n) is 10.4. The predicted molar refractivity (Wildman–Crippen MR) is 138 cm³/mol. The molecule has 0 saturated heterocycles. The molecule has 11 nitrogen and oxygen atoms in total. The molecule has 12 heteroatoms. The molecule has 0 unspecified atom stereocenters. The summed E-state index contributed by atoms with van der Waals surface area (Å²) in [4.78, 5) is 76.2. The highest BCUT2D eigenvalue weighted by molar-refractivity contribution is 7.16. The highest BCUT2D eigenvalue weighted by atomic mass is 32.1. The lowest BCUT2D eigenvalue weighted by atomic mass is 10.1. The predicted octanol–water partition coefficient (Wildman–Crippen LogP) is 2.90. The Morgan fingerprint density at radius 2 is 1.45 bits per heavy atom. The molecule has 202 valence electrons. The molecule has 0 spiro atoms. The number of amides is 4. The Hall–Kier alpha value is -4.06. The zero-order chi connectivity index (χ0) is 28.4. The third-order valence-electron chi connectivity index (χ3n) is 4.85. The minimum atomic E-state index is -1.13. The molecule has 2 N–H and O–H groups in total. The largest absolute Gasteiger partial charge is 0.456 e. The summed E-state index contributed by atoms with van der Waals surface area (Å²) < 4.78 is 10.5. The van der Waals surface area contributed by atoms with E-state index in [1.807, 2.05) is 0 Å². The van der Waals surface area contributed by atoms with E-state index >= 15 is 0 Å². The summed E-state index contributed by atoms with van der Waals surface area (Å²) in [6.45, 7) is 9.29. The van der Waals surface area contributed by atoms with Crippen LogP contribution in [0.4, 0.5) is 5.00 Å². The Morgan fingerprint density at radius 3 is 1.97 bits per heavy atom. The van der Waals surface area contributed by atoms with Crippen molar-refractivity contribution in [2.45, 2.75) is 59.3 Å². The van der Waals surface area contributed by atoms with Crippen LogP contribution in [-0.4, -0.2) is 58.2 Å². The molecule has 0 radical (unpaired) electrons. The fourth-order valence-electron chi connectivity index (χ4n) is 3.35. The van der Waals surface area contributed by atoms with Crippen LogP contribution in [0.15, 0.2) is 30.3 Å². The van der Waals surface area contributed by atoms with Gasteiger partial charge >= 0.3 is 17.8 Å². The first-order chi connectivity index (χ1) is 17.6. The standard InChI is InChI=1S/C26H29N3O8S/c1-25(2,3)36-23(34)17-11-14(38-20(17)28-19(31)24(35)37-26(4,5)6)12-27-18(30)13-29-21(32)15-9-7-8-10-16(15)22(29)33/h7-11H,12-13H2,1-6H3,(H,27,30)(H,28,31). The molecule has 2 aromatic rings. The maximum atomic E-state index is 12.8. The van der Waals surface area contributed by atoms with Crippen molar-refractivity contribution in [2.24, 2.45) is 0 Å². The smallest absolute Gasteiger partial charge is 0.397 e. The summed E-state index contributed by atoms with van der Waals surface area (Å²) in [7, 11) is 0. The third-order valence-corrected chi connectivity index (χ3v) is 5.90. The lowest BCUT2D eigenvalue weighted by molar-refractivity contribution is -0.161. The number of carbonyl (C=O) groups excluding carboxylic acids is 6. The van der Waals surface area contributed by atoms with E-state index in [0.717, 1.165) is 16.2 Å². The highest BCUT2D eigenvalue weighted by Gasteiger charge is 2.36. The highest BCUT2D eigenvalue weighted by Crippen LogP contribution is 2.30. The van der Waals surface area contributed by atoms with Crippen LogP contribution >= 0.6 is 11.3 Å². The number of ether oxygens (including phenoxy) is 2. The van der Waals surface area contributed by atoms with Crippen molar-refractivity contribution in [1.29, 1.82) is 0 Å². The molecular formula is C26H29N3O8S. The normalized spacial score (nSPS) is 13.2.